The van der Waals surface area contributed by atoms with Crippen LogP contribution >= 0.6 is 0 Å². The van der Waals surface area contributed by atoms with Crippen molar-refractivity contribution in [2.24, 2.45) is 0 Å². The molecule has 6 heteroatoms. The Morgan fingerprint density at radius 3 is 2.79 bits per heavy atom. The van der Waals surface area contributed by atoms with Gasteiger partial charge in [0.25, 0.3) is 0 Å². The third-order valence-electron chi connectivity index (χ3n) is 2.38. The summed E-state index contributed by atoms with van der Waals surface area (Å²) in [4.78, 5) is 8.19. The van der Waals surface area contributed by atoms with E-state index in [1.165, 1.54) is 13.3 Å². The van der Waals surface area contributed by atoms with Crippen LogP contribution in [-0.2, 0) is 0 Å². The maximum atomic E-state index is 8.83. The Hall–Kier alpha value is -2.81. The summed E-state index contributed by atoms with van der Waals surface area (Å²) in [7, 11) is 3.26. The molecule has 0 atom stereocenters. The van der Waals surface area contributed by atoms with E-state index in [2.05, 4.69) is 15.3 Å². The van der Waals surface area contributed by atoms with Gasteiger partial charge in [-0.3, -0.25) is 4.98 Å². The molecule has 0 saturated carbocycles. The van der Waals surface area contributed by atoms with Gasteiger partial charge in [-0.25, -0.2) is 0 Å². The standard InChI is InChI=1S/C13H12N4O2/c1-15-12-7-16-8-13(17-12)19-10-4-3-9(6-14)5-11(10)18-2/h3-5,7-8H,1-2H3,(H,15,17). The van der Waals surface area contributed by atoms with Crippen LogP contribution in [0.5, 0.6) is 17.4 Å². The van der Waals surface area contributed by atoms with Crippen LogP contribution < -0.4 is 14.8 Å². The zero-order chi connectivity index (χ0) is 13.7. The van der Waals surface area contributed by atoms with Crippen molar-refractivity contribution in [3.05, 3.63) is 36.2 Å². The van der Waals surface area contributed by atoms with Gasteiger partial charge in [-0.15, -0.1) is 0 Å². The summed E-state index contributed by atoms with van der Waals surface area (Å²) < 4.78 is 10.8. The average molecular weight is 256 g/mol. The first-order valence-corrected chi connectivity index (χ1v) is 5.52. The van der Waals surface area contributed by atoms with Crippen molar-refractivity contribution >= 4 is 5.82 Å². The lowest BCUT2D eigenvalue weighted by Gasteiger charge is -2.10. The molecule has 19 heavy (non-hydrogen) atoms. The number of rotatable bonds is 4. The van der Waals surface area contributed by atoms with Gasteiger partial charge in [-0.1, -0.05) is 0 Å². The molecule has 96 valence electrons. The maximum Gasteiger partial charge on any atom is 0.240 e. The molecule has 0 fully saturated rings. The highest BCUT2D eigenvalue weighted by atomic mass is 16.5. The number of nitriles is 1. The molecule has 2 rings (SSSR count). The van der Waals surface area contributed by atoms with Crippen LogP contribution in [0.2, 0.25) is 0 Å². The van der Waals surface area contributed by atoms with Crippen molar-refractivity contribution in [3.63, 3.8) is 0 Å². The molecule has 2 aromatic rings. The predicted octanol–water partition coefficient (Wildman–Crippen LogP) is 2.19. The fraction of sp³-hybridized carbons (Fsp3) is 0.154. The smallest absolute Gasteiger partial charge is 0.240 e. The number of ether oxygens (including phenoxy) is 2. The summed E-state index contributed by atoms with van der Waals surface area (Å²) in [6, 6.07) is 6.94. The van der Waals surface area contributed by atoms with Crippen LogP contribution in [0, 0.1) is 11.3 Å². The van der Waals surface area contributed by atoms with Crippen molar-refractivity contribution in [3.8, 4) is 23.4 Å². The largest absolute Gasteiger partial charge is 0.493 e. The summed E-state index contributed by atoms with van der Waals surface area (Å²) in [5, 5.41) is 11.7. The van der Waals surface area contributed by atoms with Crippen molar-refractivity contribution in [2.75, 3.05) is 19.5 Å². The summed E-state index contributed by atoms with van der Waals surface area (Å²) in [5.74, 6) is 1.89. The molecule has 0 amide bonds. The Morgan fingerprint density at radius 1 is 1.26 bits per heavy atom. The van der Waals surface area contributed by atoms with Crippen LogP contribution in [0.25, 0.3) is 0 Å². The van der Waals surface area contributed by atoms with Crippen molar-refractivity contribution in [1.82, 2.24) is 9.97 Å². The maximum absolute atomic E-state index is 8.83. The van der Waals surface area contributed by atoms with E-state index in [9.17, 15) is 0 Å². The fourth-order valence-electron chi connectivity index (χ4n) is 1.45. The highest BCUT2D eigenvalue weighted by Crippen LogP contribution is 2.31. The van der Waals surface area contributed by atoms with Crippen molar-refractivity contribution < 1.29 is 9.47 Å². The van der Waals surface area contributed by atoms with E-state index in [1.54, 1.807) is 31.4 Å². The van der Waals surface area contributed by atoms with Crippen molar-refractivity contribution in [2.45, 2.75) is 0 Å². The lowest BCUT2D eigenvalue weighted by atomic mass is 10.2. The van der Waals surface area contributed by atoms with Crippen LogP contribution in [0.15, 0.2) is 30.6 Å². The number of benzene rings is 1. The van der Waals surface area contributed by atoms with Gasteiger partial charge in [0, 0.05) is 13.1 Å². The predicted molar refractivity (Wildman–Crippen MR) is 69.4 cm³/mol. The number of hydrogen-bond donors (Lipinski definition) is 1. The first kappa shape index (κ1) is 12.6. The molecule has 6 nitrogen and oxygen atoms in total. The highest BCUT2D eigenvalue weighted by molar-refractivity contribution is 5.48. The summed E-state index contributed by atoms with van der Waals surface area (Å²) >= 11 is 0. The van der Waals surface area contributed by atoms with Gasteiger partial charge in [-0.05, 0) is 12.1 Å². The molecule has 0 bridgehead atoms. The SMILES string of the molecule is CNc1cncc(Oc2ccc(C#N)cc2OC)n1. The van der Waals surface area contributed by atoms with Crippen LogP contribution in [0.1, 0.15) is 5.56 Å². The van der Waals surface area contributed by atoms with Crippen LogP contribution in [0.3, 0.4) is 0 Å². The zero-order valence-corrected chi connectivity index (χ0v) is 10.5. The van der Waals surface area contributed by atoms with Gasteiger partial charge in [-0.2, -0.15) is 10.2 Å². The quantitative estimate of drug-likeness (QED) is 0.903. The van der Waals surface area contributed by atoms with E-state index >= 15 is 0 Å². The molecule has 0 spiro atoms. The normalized spacial score (nSPS) is 9.53. The molecule has 0 saturated heterocycles. The van der Waals surface area contributed by atoms with Gasteiger partial charge >= 0.3 is 0 Å². The molecular weight excluding hydrogens is 244 g/mol. The van der Waals surface area contributed by atoms with E-state index in [0.717, 1.165) is 0 Å². The number of methoxy groups -OCH3 is 1. The minimum absolute atomic E-state index is 0.342. The van der Waals surface area contributed by atoms with Gasteiger partial charge < -0.3 is 14.8 Å². The molecule has 1 N–H and O–H groups in total. The number of nitrogens with one attached hydrogen (secondary N) is 1. The molecular formula is C13H12N4O2. The van der Waals surface area contributed by atoms with E-state index in [1.807, 2.05) is 6.07 Å². The molecule has 1 aromatic carbocycles. The minimum atomic E-state index is 0.342. The molecule has 1 heterocycles. The van der Waals surface area contributed by atoms with Gasteiger partial charge in [0.15, 0.2) is 11.5 Å². The molecule has 0 aliphatic heterocycles. The molecule has 1 aromatic heterocycles. The van der Waals surface area contributed by atoms with E-state index in [-0.39, 0.29) is 0 Å². The van der Waals surface area contributed by atoms with Crippen LogP contribution in [0.4, 0.5) is 5.82 Å². The Morgan fingerprint density at radius 2 is 2.11 bits per heavy atom. The minimum Gasteiger partial charge on any atom is -0.493 e. The first-order chi connectivity index (χ1) is 9.26. The van der Waals surface area contributed by atoms with E-state index in [4.69, 9.17) is 14.7 Å². The average Bonchev–Trinajstić information content (AvgIpc) is 2.48. The monoisotopic (exact) mass is 256 g/mol. The second-order valence-electron chi connectivity index (χ2n) is 3.57. The highest BCUT2D eigenvalue weighted by Gasteiger charge is 2.08. The first-order valence-electron chi connectivity index (χ1n) is 5.52. The number of hydrogen-bond acceptors (Lipinski definition) is 6. The van der Waals surface area contributed by atoms with Gasteiger partial charge in [0.1, 0.15) is 5.82 Å². The van der Waals surface area contributed by atoms with E-state index < -0.39 is 0 Å². The van der Waals surface area contributed by atoms with Gasteiger partial charge in [0.2, 0.25) is 5.88 Å². The molecule has 0 radical (unpaired) electrons. The third kappa shape index (κ3) is 2.90. The molecule has 0 aliphatic rings. The lowest BCUT2D eigenvalue weighted by molar-refractivity contribution is 0.373. The Bertz CT molecular complexity index is 622. The number of anilines is 1. The third-order valence-corrected chi connectivity index (χ3v) is 2.38. The Labute approximate surface area is 110 Å². The molecule has 0 unspecified atom stereocenters. The second kappa shape index (κ2) is 5.69. The Kier molecular flexibility index (Phi) is 3.78. The summed E-state index contributed by atoms with van der Waals surface area (Å²) in [6.45, 7) is 0. The van der Waals surface area contributed by atoms with Crippen molar-refractivity contribution in [1.29, 1.82) is 5.26 Å². The molecule has 0 aliphatic carbocycles. The van der Waals surface area contributed by atoms with E-state index in [0.29, 0.717) is 28.8 Å². The fourth-order valence-corrected chi connectivity index (χ4v) is 1.45. The van der Waals surface area contributed by atoms with Gasteiger partial charge in [0.05, 0.1) is 31.1 Å². The summed E-state index contributed by atoms with van der Waals surface area (Å²) in [6.07, 6.45) is 3.08. The number of aromatic nitrogens is 2. The topological polar surface area (TPSA) is 80.1 Å². The summed E-state index contributed by atoms with van der Waals surface area (Å²) in [5.41, 5.74) is 0.499. The second-order valence-corrected chi connectivity index (χ2v) is 3.57. The Balaban J connectivity index is 2.30. The van der Waals surface area contributed by atoms with Crippen LogP contribution in [-0.4, -0.2) is 24.1 Å². The lowest BCUT2D eigenvalue weighted by Crippen LogP contribution is -1.97. The zero-order valence-electron chi connectivity index (χ0n) is 10.5. The number of nitrogens with zero attached hydrogens (tertiary/aromatic N) is 3.